The summed E-state index contributed by atoms with van der Waals surface area (Å²) in [7, 11) is 1.69. The van der Waals surface area contributed by atoms with E-state index in [1.54, 1.807) is 13.2 Å². The van der Waals surface area contributed by atoms with Crippen LogP contribution in [-0.2, 0) is 4.79 Å². The molecule has 1 saturated heterocycles. The molecule has 1 amide bonds. The van der Waals surface area contributed by atoms with Gasteiger partial charge in [0.05, 0.1) is 0 Å². The van der Waals surface area contributed by atoms with Crippen molar-refractivity contribution < 1.29 is 4.79 Å². The molecule has 1 fully saturated rings. The fraction of sp³-hybridized carbons (Fsp3) is 0.583. The molecular formula is C12H18N4O. The third kappa shape index (κ3) is 2.72. The molecule has 0 spiro atoms. The average Bonchev–Trinajstić information content (AvgIpc) is 2.38. The van der Waals surface area contributed by atoms with Gasteiger partial charge in [0, 0.05) is 37.9 Å². The van der Waals surface area contributed by atoms with Gasteiger partial charge in [0.2, 0.25) is 11.9 Å². The molecule has 92 valence electrons. The van der Waals surface area contributed by atoms with Crippen molar-refractivity contribution in [2.75, 3.05) is 25.0 Å². The Bertz CT molecular complexity index is 399. The van der Waals surface area contributed by atoms with Crippen LogP contribution < -0.4 is 10.2 Å². The lowest BCUT2D eigenvalue weighted by Crippen LogP contribution is -2.40. The number of amides is 1. The van der Waals surface area contributed by atoms with Gasteiger partial charge in [0.15, 0.2) is 0 Å². The Kier molecular flexibility index (Phi) is 3.56. The van der Waals surface area contributed by atoms with Crippen molar-refractivity contribution in [3.8, 4) is 0 Å². The second-order valence-electron chi connectivity index (χ2n) is 4.37. The van der Waals surface area contributed by atoms with Gasteiger partial charge in [0.1, 0.15) is 0 Å². The lowest BCUT2D eigenvalue weighted by Gasteiger charge is -2.31. The van der Waals surface area contributed by atoms with E-state index in [0.717, 1.165) is 37.6 Å². The van der Waals surface area contributed by atoms with Crippen molar-refractivity contribution in [2.24, 2.45) is 5.92 Å². The number of rotatable bonds is 2. The largest absolute Gasteiger partial charge is 0.359 e. The first-order valence-corrected chi connectivity index (χ1v) is 5.97. The van der Waals surface area contributed by atoms with Crippen LogP contribution in [0.25, 0.3) is 0 Å². The molecule has 5 heteroatoms. The summed E-state index contributed by atoms with van der Waals surface area (Å²) in [5.74, 6) is 1.07. The summed E-state index contributed by atoms with van der Waals surface area (Å²) in [6, 6.07) is 1.89. The second kappa shape index (κ2) is 5.12. The summed E-state index contributed by atoms with van der Waals surface area (Å²) in [6.07, 6.45) is 3.52. The molecule has 0 aliphatic carbocycles. The highest BCUT2D eigenvalue weighted by Crippen LogP contribution is 2.20. The lowest BCUT2D eigenvalue weighted by molar-refractivity contribution is -0.125. The molecule has 1 aliphatic heterocycles. The number of aryl methyl sites for hydroxylation is 1. The van der Waals surface area contributed by atoms with E-state index in [9.17, 15) is 4.79 Å². The fourth-order valence-electron chi connectivity index (χ4n) is 2.13. The van der Waals surface area contributed by atoms with E-state index in [4.69, 9.17) is 0 Å². The van der Waals surface area contributed by atoms with Crippen LogP contribution in [-0.4, -0.2) is 36.0 Å². The smallest absolute Gasteiger partial charge is 0.225 e. The van der Waals surface area contributed by atoms with Gasteiger partial charge in [-0.05, 0) is 25.8 Å². The van der Waals surface area contributed by atoms with Crippen LogP contribution in [0.4, 0.5) is 5.95 Å². The van der Waals surface area contributed by atoms with Crippen LogP contribution in [0.5, 0.6) is 0 Å². The fourth-order valence-corrected chi connectivity index (χ4v) is 2.13. The highest BCUT2D eigenvalue weighted by atomic mass is 16.1. The highest BCUT2D eigenvalue weighted by molar-refractivity contribution is 5.78. The highest BCUT2D eigenvalue weighted by Gasteiger charge is 2.25. The maximum absolute atomic E-state index is 11.5. The van der Waals surface area contributed by atoms with Crippen LogP contribution in [0.2, 0.25) is 0 Å². The molecule has 2 rings (SSSR count). The molecule has 5 nitrogen and oxygen atoms in total. The van der Waals surface area contributed by atoms with E-state index >= 15 is 0 Å². The minimum absolute atomic E-state index is 0.140. The van der Waals surface area contributed by atoms with Gasteiger partial charge < -0.3 is 10.2 Å². The number of hydrogen-bond acceptors (Lipinski definition) is 4. The zero-order valence-corrected chi connectivity index (χ0v) is 10.3. The predicted molar refractivity (Wildman–Crippen MR) is 65.8 cm³/mol. The number of hydrogen-bond donors (Lipinski definition) is 1. The quantitative estimate of drug-likeness (QED) is 0.820. The van der Waals surface area contributed by atoms with Crippen LogP contribution in [0, 0.1) is 12.8 Å². The zero-order valence-electron chi connectivity index (χ0n) is 10.3. The maximum atomic E-state index is 11.5. The van der Waals surface area contributed by atoms with E-state index in [-0.39, 0.29) is 11.8 Å². The number of piperidine rings is 1. The normalized spacial score (nSPS) is 16.9. The number of aromatic nitrogens is 2. The van der Waals surface area contributed by atoms with Gasteiger partial charge >= 0.3 is 0 Å². The molecule has 0 unspecified atom stereocenters. The third-order valence-corrected chi connectivity index (χ3v) is 3.18. The number of carbonyl (C=O) groups excluding carboxylic acids is 1. The number of nitrogens with one attached hydrogen (secondary N) is 1. The second-order valence-corrected chi connectivity index (χ2v) is 4.37. The molecule has 1 aliphatic rings. The zero-order chi connectivity index (χ0) is 12.3. The van der Waals surface area contributed by atoms with Crippen molar-refractivity contribution in [1.82, 2.24) is 15.3 Å². The van der Waals surface area contributed by atoms with Crippen LogP contribution in [0.3, 0.4) is 0 Å². The van der Waals surface area contributed by atoms with Crippen LogP contribution >= 0.6 is 0 Å². The summed E-state index contributed by atoms with van der Waals surface area (Å²) in [4.78, 5) is 22.3. The molecule has 1 aromatic heterocycles. The minimum Gasteiger partial charge on any atom is -0.359 e. The summed E-state index contributed by atoms with van der Waals surface area (Å²) in [5.41, 5.74) is 0.975. The molecule has 2 heterocycles. The lowest BCUT2D eigenvalue weighted by atomic mass is 9.96. The summed E-state index contributed by atoms with van der Waals surface area (Å²) >= 11 is 0. The monoisotopic (exact) mass is 234 g/mol. The van der Waals surface area contributed by atoms with Crippen LogP contribution in [0.1, 0.15) is 18.5 Å². The first-order chi connectivity index (χ1) is 8.20. The molecule has 0 aromatic carbocycles. The Morgan fingerprint density at radius 3 is 2.76 bits per heavy atom. The maximum Gasteiger partial charge on any atom is 0.225 e. The first kappa shape index (κ1) is 11.8. The van der Waals surface area contributed by atoms with E-state index in [1.807, 2.05) is 13.0 Å². The summed E-state index contributed by atoms with van der Waals surface area (Å²) in [5, 5.41) is 2.71. The van der Waals surface area contributed by atoms with Gasteiger partial charge in [-0.25, -0.2) is 9.97 Å². The Balaban J connectivity index is 1.97. The molecule has 1 aromatic rings. The summed E-state index contributed by atoms with van der Waals surface area (Å²) in [6.45, 7) is 3.66. The minimum atomic E-state index is 0.140. The van der Waals surface area contributed by atoms with Gasteiger partial charge in [-0.3, -0.25) is 4.79 Å². The molecule has 0 bridgehead atoms. The molecular weight excluding hydrogens is 216 g/mol. The molecule has 17 heavy (non-hydrogen) atoms. The Hall–Kier alpha value is -1.65. The summed E-state index contributed by atoms with van der Waals surface area (Å²) < 4.78 is 0. The predicted octanol–water partition coefficient (Wildman–Crippen LogP) is 0.747. The van der Waals surface area contributed by atoms with Crippen molar-refractivity contribution in [3.63, 3.8) is 0 Å². The van der Waals surface area contributed by atoms with E-state index in [2.05, 4.69) is 20.2 Å². The van der Waals surface area contributed by atoms with Gasteiger partial charge in [-0.1, -0.05) is 0 Å². The topological polar surface area (TPSA) is 58.1 Å². The Morgan fingerprint density at radius 1 is 1.47 bits per heavy atom. The SMILES string of the molecule is CNC(=O)C1CCN(c2nccc(C)n2)CC1. The van der Waals surface area contributed by atoms with E-state index in [0.29, 0.717) is 0 Å². The van der Waals surface area contributed by atoms with Crippen molar-refractivity contribution in [3.05, 3.63) is 18.0 Å². The molecule has 0 radical (unpaired) electrons. The van der Waals surface area contributed by atoms with Gasteiger partial charge in [0.25, 0.3) is 0 Å². The van der Waals surface area contributed by atoms with E-state index in [1.165, 1.54) is 0 Å². The van der Waals surface area contributed by atoms with Crippen LogP contribution in [0.15, 0.2) is 12.3 Å². The number of nitrogens with zero attached hydrogens (tertiary/aromatic N) is 3. The Morgan fingerprint density at radius 2 is 2.18 bits per heavy atom. The first-order valence-electron chi connectivity index (χ1n) is 5.97. The van der Waals surface area contributed by atoms with Crippen molar-refractivity contribution >= 4 is 11.9 Å². The standard InChI is InChI=1S/C12H18N4O/c1-9-3-6-14-12(15-9)16-7-4-10(5-8-16)11(17)13-2/h3,6,10H,4-5,7-8H2,1-2H3,(H,13,17). The van der Waals surface area contributed by atoms with E-state index < -0.39 is 0 Å². The van der Waals surface area contributed by atoms with Gasteiger partial charge in [-0.2, -0.15) is 0 Å². The Labute approximate surface area is 101 Å². The van der Waals surface area contributed by atoms with Gasteiger partial charge in [-0.15, -0.1) is 0 Å². The van der Waals surface area contributed by atoms with Crippen molar-refractivity contribution in [1.29, 1.82) is 0 Å². The average molecular weight is 234 g/mol. The molecule has 0 atom stereocenters. The van der Waals surface area contributed by atoms with Crippen molar-refractivity contribution in [2.45, 2.75) is 19.8 Å². The molecule has 1 N–H and O–H groups in total. The third-order valence-electron chi connectivity index (χ3n) is 3.18. The molecule has 0 saturated carbocycles. The number of carbonyl (C=O) groups is 1. The number of anilines is 1.